The highest BCUT2D eigenvalue weighted by Crippen LogP contribution is 2.49. The van der Waals surface area contributed by atoms with Gasteiger partial charge in [-0.25, -0.2) is 4.79 Å². The molecule has 3 atom stereocenters. The number of fused-ring (bicyclic) bond motifs is 3. The molecule has 1 fully saturated rings. The quantitative estimate of drug-likeness (QED) is 0.844. The van der Waals surface area contributed by atoms with E-state index in [1.807, 2.05) is 30.3 Å². The molecular formula is C19H20ClNO3. The Hall–Kier alpha value is -2.04. The molecule has 0 aromatic heterocycles. The Morgan fingerprint density at radius 2 is 1.92 bits per heavy atom. The number of halogens is 1. The van der Waals surface area contributed by atoms with Gasteiger partial charge in [0.25, 0.3) is 0 Å². The van der Waals surface area contributed by atoms with Crippen molar-refractivity contribution >= 4 is 24.1 Å². The van der Waals surface area contributed by atoms with Gasteiger partial charge in [-0.05, 0) is 24.5 Å². The number of anilines is 1. The Morgan fingerprint density at radius 1 is 1.12 bits per heavy atom. The van der Waals surface area contributed by atoms with Gasteiger partial charge in [-0.3, -0.25) is 0 Å². The summed E-state index contributed by atoms with van der Waals surface area (Å²) in [5.74, 6) is -0.585. The lowest BCUT2D eigenvalue weighted by Gasteiger charge is -2.43. The third-order valence-electron chi connectivity index (χ3n) is 4.89. The van der Waals surface area contributed by atoms with E-state index in [0.29, 0.717) is 17.2 Å². The van der Waals surface area contributed by atoms with Crippen LogP contribution in [0, 0.1) is 5.92 Å². The topological polar surface area (TPSA) is 58.6 Å². The highest BCUT2D eigenvalue weighted by Gasteiger charge is 2.40. The molecular weight excluding hydrogens is 326 g/mol. The van der Waals surface area contributed by atoms with Crippen LogP contribution in [-0.4, -0.2) is 17.7 Å². The summed E-state index contributed by atoms with van der Waals surface area (Å²) in [4.78, 5) is 11.6. The summed E-state index contributed by atoms with van der Waals surface area (Å²) < 4.78 is 6.06. The number of ether oxygens (including phenoxy) is 1. The van der Waals surface area contributed by atoms with Crippen molar-refractivity contribution in [1.82, 2.24) is 0 Å². The van der Waals surface area contributed by atoms with Gasteiger partial charge in [0, 0.05) is 18.1 Å². The number of carboxylic acids is 1. The second kappa shape index (κ2) is 6.83. The van der Waals surface area contributed by atoms with Crippen LogP contribution in [-0.2, 0) is 4.74 Å². The standard InChI is InChI=1S/C19H19NO3.ClH/c21-19(22)15-9-4-8-14-17(15)20-16(12-6-2-1-3-7-12)13-10-5-11-23-18(13)14;/h1-4,6-9,13,16,18,20H,5,10-11H2,(H,21,22);1H. The molecule has 5 heteroatoms. The number of carbonyl (C=O) groups is 1. The molecule has 2 aliphatic heterocycles. The van der Waals surface area contributed by atoms with E-state index < -0.39 is 5.97 Å². The molecule has 3 unspecified atom stereocenters. The normalized spacial score (nSPS) is 24.8. The number of carboxylic acid groups (broad SMARTS) is 1. The molecule has 2 heterocycles. The number of hydrogen-bond donors (Lipinski definition) is 2. The SMILES string of the molecule is Cl.O=C(O)c1cccc2c1NC(c1ccccc1)C1CCCOC21. The maximum absolute atomic E-state index is 11.6. The third-order valence-corrected chi connectivity index (χ3v) is 4.89. The Labute approximate surface area is 147 Å². The van der Waals surface area contributed by atoms with Crippen molar-refractivity contribution in [2.24, 2.45) is 5.92 Å². The van der Waals surface area contributed by atoms with E-state index in [1.165, 1.54) is 5.56 Å². The lowest BCUT2D eigenvalue weighted by Crippen LogP contribution is -2.36. The van der Waals surface area contributed by atoms with Crippen LogP contribution in [0.5, 0.6) is 0 Å². The van der Waals surface area contributed by atoms with Crippen LogP contribution in [0.3, 0.4) is 0 Å². The van der Waals surface area contributed by atoms with Crippen LogP contribution in [0.1, 0.15) is 46.5 Å². The van der Waals surface area contributed by atoms with Gasteiger partial charge in [-0.1, -0.05) is 42.5 Å². The zero-order chi connectivity index (χ0) is 15.8. The Balaban J connectivity index is 0.00000169. The molecule has 0 saturated carbocycles. The van der Waals surface area contributed by atoms with E-state index in [0.717, 1.165) is 25.0 Å². The van der Waals surface area contributed by atoms with Crippen LogP contribution in [0.2, 0.25) is 0 Å². The van der Waals surface area contributed by atoms with E-state index in [-0.39, 0.29) is 24.6 Å². The zero-order valence-corrected chi connectivity index (χ0v) is 14.0. The molecule has 0 amide bonds. The summed E-state index contributed by atoms with van der Waals surface area (Å²) in [5.41, 5.74) is 3.17. The van der Waals surface area contributed by atoms with Crippen molar-refractivity contribution < 1.29 is 14.6 Å². The Morgan fingerprint density at radius 3 is 2.67 bits per heavy atom. The highest BCUT2D eigenvalue weighted by molar-refractivity contribution is 5.95. The molecule has 126 valence electrons. The molecule has 2 N–H and O–H groups in total. The molecule has 0 spiro atoms. The fourth-order valence-corrected chi connectivity index (χ4v) is 3.87. The van der Waals surface area contributed by atoms with Gasteiger partial charge in [0.05, 0.1) is 23.4 Å². The average molecular weight is 346 g/mol. The smallest absolute Gasteiger partial charge is 0.337 e. The number of para-hydroxylation sites is 1. The lowest BCUT2D eigenvalue weighted by atomic mass is 9.77. The van der Waals surface area contributed by atoms with Gasteiger partial charge in [-0.2, -0.15) is 0 Å². The van der Waals surface area contributed by atoms with Gasteiger partial charge < -0.3 is 15.2 Å². The molecule has 0 radical (unpaired) electrons. The number of hydrogen-bond acceptors (Lipinski definition) is 3. The Kier molecular flexibility index (Phi) is 4.78. The number of aromatic carboxylic acids is 1. The monoisotopic (exact) mass is 345 g/mol. The number of benzene rings is 2. The second-order valence-corrected chi connectivity index (χ2v) is 6.21. The van der Waals surface area contributed by atoms with E-state index in [1.54, 1.807) is 6.07 Å². The first-order valence-corrected chi connectivity index (χ1v) is 8.05. The van der Waals surface area contributed by atoms with E-state index in [2.05, 4.69) is 17.4 Å². The largest absolute Gasteiger partial charge is 0.478 e. The van der Waals surface area contributed by atoms with Crippen LogP contribution in [0.15, 0.2) is 48.5 Å². The molecule has 24 heavy (non-hydrogen) atoms. The van der Waals surface area contributed by atoms with Crippen molar-refractivity contribution in [3.8, 4) is 0 Å². The van der Waals surface area contributed by atoms with Gasteiger partial charge >= 0.3 is 5.97 Å². The summed E-state index contributed by atoms with van der Waals surface area (Å²) in [6.45, 7) is 0.736. The van der Waals surface area contributed by atoms with Gasteiger partial charge in [0.2, 0.25) is 0 Å². The minimum atomic E-state index is -0.907. The summed E-state index contributed by atoms with van der Waals surface area (Å²) in [6.07, 6.45) is 2.08. The molecule has 0 aliphatic carbocycles. The molecule has 0 bridgehead atoms. The molecule has 4 rings (SSSR count). The Bertz CT molecular complexity index is 735. The minimum Gasteiger partial charge on any atom is -0.478 e. The van der Waals surface area contributed by atoms with Crippen molar-refractivity contribution in [1.29, 1.82) is 0 Å². The fraction of sp³-hybridized carbons (Fsp3) is 0.316. The van der Waals surface area contributed by atoms with E-state index in [4.69, 9.17) is 4.74 Å². The maximum Gasteiger partial charge on any atom is 0.337 e. The second-order valence-electron chi connectivity index (χ2n) is 6.21. The first kappa shape index (κ1) is 16.8. The van der Waals surface area contributed by atoms with Crippen LogP contribution < -0.4 is 5.32 Å². The predicted octanol–water partition coefficient (Wildman–Crippen LogP) is 4.44. The summed E-state index contributed by atoms with van der Waals surface area (Å²) in [5, 5.41) is 13.0. The van der Waals surface area contributed by atoms with Crippen molar-refractivity contribution in [3.63, 3.8) is 0 Å². The summed E-state index contributed by atoms with van der Waals surface area (Å²) in [7, 11) is 0. The summed E-state index contributed by atoms with van der Waals surface area (Å²) >= 11 is 0. The van der Waals surface area contributed by atoms with E-state index >= 15 is 0 Å². The predicted molar refractivity (Wildman–Crippen MR) is 94.9 cm³/mol. The van der Waals surface area contributed by atoms with Crippen molar-refractivity contribution in [2.75, 3.05) is 11.9 Å². The summed E-state index contributed by atoms with van der Waals surface area (Å²) in [6, 6.07) is 15.8. The van der Waals surface area contributed by atoms with Crippen LogP contribution in [0.25, 0.3) is 0 Å². The van der Waals surface area contributed by atoms with Gasteiger partial charge in [0.15, 0.2) is 0 Å². The van der Waals surface area contributed by atoms with Gasteiger partial charge in [0.1, 0.15) is 0 Å². The molecule has 2 aliphatic rings. The van der Waals surface area contributed by atoms with Crippen molar-refractivity contribution in [2.45, 2.75) is 25.0 Å². The first-order chi connectivity index (χ1) is 11.3. The highest BCUT2D eigenvalue weighted by atomic mass is 35.5. The van der Waals surface area contributed by atoms with Crippen LogP contribution >= 0.6 is 12.4 Å². The molecule has 1 saturated heterocycles. The third kappa shape index (κ3) is 2.76. The number of nitrogens with one attached hydrogen (secondary N) is 1. The van der Waals surface area contributed by atoms with Crippen molar-refractivity contribution in [3.05, 3.63) is 65.2 Å². The van der Waals surface area contributed by atoms with Crippen LogP contribution in [0.4, 0.5) is 5.69 Å². The van der Waals surface area contributed by atoms with Gasteiger partial charge in [-0.15, -0.1) is 12.4 Å². The minimum absolute atomic E-state index is 0. The molecule has 2 aromatic carbocycles. The number of rotatable bonds is 2. The molecule has 4 nitrogen and oxygen atoms in total. The zero-order valence-electron chi connectivity index (χ0n) is 13.1. The lowest BCUT2D eigenvalue weighted by molar-refractivity contribution is -0.0381. The fourth-order valence-electron chi connectivity index (χ4n) is 3.87. The molecule has 2 aromatic rings. The first-order valence-electron chi connectivity index (χ1n) is 8.05. The average Bonchev–Trinajstić information content (AvgIpc) is 2.61. The van der Waals surface area contributed by atoms with E-state index in [9.17, 15) is 9.90 Å². The maximum atomic E-state index is 11.6.